The molecule has 1 atom stereocenters. The van der Waals surface area contributed by atoms with Crippen LogP contribution in [0.2, 0.25) is 0 Å². The SMILES string of the molecule is CCc1ccc(Cn2cccc2C(C)NC)s1. The molecule has 2 heterocycles. The molecule has 0 fully saturated rings. The zero-order chi connectivity index (χ0) is 12.3. The van der Waals surface area contributed by atoms with Gasteiger partial charge in [-0.15, -0.1) is 11.3 Å². The molecule has 2 rings (SSSR count). The topological polar surface area (TPSA) is 17.0 Å². The molecule has 0 saturated carbocycles. The van der Waals surface area contributed by atoms with Crippen LogP contribution in [0.25, 0.3) is 0 Å². The summed E-state index contributed by atoms with van der Waals surface area (Å²) >= 11 is 1.92. The van der Waals surface area contributed by atoms with E-state index in [4.69, 9.17) is 0 Å². The van der Waals surface area contributed by atoms with E-state index < -0.39 is 0 Å². The van der Waals surface area contributed by atoms with Crippen molar-refractivity contribution in [3.63, 3.8) is 0 Å². The van der Waals surface area contributed by atoms with Gasteiger partial charge in [0.1, 0.15) is 0 Å². The fourth-order valence-electron chi connectivity index (χ4n) is 1.98. The van der Waals surface area contributed by atoms with Crippen molar-refractivity contribution < 1.29 is 0 Å². The summed E-state index contributed by atoms with van der Waals surface area (Å²) in [6.45, 7) is 5.39. The van der Waals surface area contributed by atoms with Gasteiger partial charge in [-0.2, -0.15) is 0 Å². The van der Waals surface area contributed by atoms with Crippen LogP contribution in [0, 0.1) is 0 Å². The number of nitrogens with one attached hydrogen (secondary N) is 1. The molecule has 3 heteroatoms. The molecule has 0 aliphatic carbocycles. The van der Waals surface area contributed by atoms with E-state index in [9.17, 15) is 0 Å². The molecule has 0 bridgehead atoms. The molecule has 0 aliphatic rings. The van der Waals surface area contributed by atoms with Gasteiger partial charge in [-0.05, 0) is 44.7 Å². The van der Waals surface area contributed by atoms with Crippen LogP contribution in [0.15, 0.2) is 30.5 Å². The minimum absolute atomic E-state index is 0.399. The molecule has 1 unspecified atom stereocenters. The minimum Gasteiger partial charge on any atom is -0.345 e. The first-order valence-electron chi connectivity index (χ1n) is 6.14. The molecule has 0 radical (unpaired) electrons. The first kappa shape index (κ1) is 12.4. The van der Waals surface area contributed by atoms with Gasteiger partial charge in [-0.1, -0.05) is 6.92 Å². The molecule has 0 aromatic carbocycles. The third-order valence-electron chi connectivity index (χ3n) is 3.13. The Bertz CT molecular complexity index is 470. The van der Waals surface area contributed by atoms with Crippen LogP contribution in [-0.4, -0.2) is 11.6 Å². The Kier molecular flexibility index (Phi) is 4.02. The Labute approximate surface area is 107 Å². The maximum Gasteiger partial charge on any atom is 0.0566 e. The van der Waals surface area contributed by atoms with E-state index in [1.807, 2.05) is 18.4 Å². The van der Waals surface area contributed by atoms with E-state index in [1.54, 1.807) is 0 Å². The molecule has 92 valence electrons. The predicted octanol–water partition coefficient (Wildman–Crippen LogP) is 3.44. The second-order valence-corrected chi connectivity index (χ2v) is 5.55. The molecule has 2 nitrogen and oxygen atoms in total. The van der Waals surface area contributed by atoms with Gasteiger partial charge in [0, 0.05) is 27.7 Å². The lowest BCUT2D eigenvalue weighted by Crippen LogP contribution is -2.16. The summed E-state index contributed by atoms with van der Waals surface area (Å²) in [5, 5.41) is 3.29. The van der Waals surface area contributed by atoms with E-state index in [-0.39, 0.29) is 0 Å². The highest BCUT2D eigenvalue weighted by molar-refractivity contribution is 7.11. The normalized spacial score (nSPS) is 12.9. The number of aromatic nitrogens is 1. The van der Waals surface area contributed by atoms with Crippen LogP contribution >= 0.6 is 11.3 Å². The minimum atomic E-state index is 0.399. The van der Waals surface area contributed by atoms with Gasteiger partial charge in [0.15, 0.2) is 0 Å². The molecule has 0 spiro atoms. The molecule has 2 aromatic heterocycles. The number of thiophene rings is 1. The van der Waals surface area contributed by atoms with Crippen molar-refractivity contribution in [1.29, 1.82) is 0 Å². The van der Waals surface area contributed by atoms with Crippen molar-refractivity contribution in [2.75, 3.05) is 7.05 Å². The first-order chi connectivity index (χ1) is 8.24. The zero-order valence-electron chi connectivity index (χ0n) is 10.7. The van der Waals surface area contributed by atoms with Crippen LogP contribution in [0.4, 0.5) is 0 Å². The van der Waals surface area contributed by atoms with Crippen molar-refractivity contribution in [3.8, 4) is 0 Å². The Morgan fingerprint density at radius 1 is 1.29 bits per heavy atom. The predicted molar refractivity (Wildman–Crippen MR) is 74.7 cm³/mol. The van der Waals surface area contributed by atoms with Gasteiger partial charge in [0.05, 0.1) is 6.54 Å². The van der Waals surface area contributed by atoms with E-state index >= 15 is 0 Å². The monoisotopic (exact) mass is 248 g/mol. The van der Waals surface area contributed by atoms with Crippen LogP contribution < -0.4 is 5.32 Å². The van der Waals surface area contributed by atoms with Crippen LogP contribution in [0.1, 0.15) is 35.3 Å². The van der Waals surface area contributed by atoms with Crippen molar-refractivity contribution in [1.82, 2.24) is 9.88 Å². The first-order valence-corrected chi connectivity index (χ1v) is 6.96. The zero-order valence-corrected chi connectivity index (χ0v) is 11.6. The van der Waals surface area contributed by atoms with Gasteiger partial charge in [0.25, 0.3) is 0 Å². The van der Waals surface area contributed by atoms with Crippen molar-refractivity contribution >= 4 is 11.3 Å². The molecule has 0 aliphatic heterocycles. The van der Waals surface area contributed by atoms with Crippen LogP contribution in [0.3, 0.4) is 0 Å². The van der Waals surface area contributed by atoms with Gasteiger partial charge in [-0.3, -0.25) is 0 Å². The average molecular weight is 248 g/mol. The molecular formula is C14H20N2S. The fourth-order valence-corrected chi connectivity index (χ4v) is 2.93. The third kappa shape index (κ3) is 2.79. The number of hydrogen-bond acceptors (Lipinski definition) is 2. The lowest BCUT2D eigenvalue weighted by atomic mass is 10.2. The van der Waals surface area contributed by atoms with Gasteiger partial charge in [0.2, 0.25) is 0 Å². The Morgan fingerprint density at radius 2 is 2.06 bits per heavy atom. The van der Waals surface area contributed by atoms with Crippen LogP contribution in [0.5, 0.6) is 0 Å². The smallest absolute Gasteiger partial charge is 0.0566 e. The lowest BCUT2D eigenvalue weighted by molar-refractivity contribution is 0.591. The average Bonchev–Trinajstić information content (AvgIpc) is 2.97. The Hall–Kier alpha value is -1.06. The fraction of sp³-hybridized carbons (Fsp3) is 0.429. The van der Waals surface area contributed by atoms with Crippen molar-refractivity contribution in [2.45, 2.75) is 32.9 Å². The summed E-state index contributed by atoms with van der Waals surface area (Å²) < 4.78 is 2.33. The summed E-state index contributed by atoms with van der Waals surface area (Å²) in [6, 6.07) is 9.20. The number of aryl methyl sites for hydroxylation is 1. The standard InChI is InChI=1S/C14H20N2S/c1-4-12-7-8-13(17-12)10-16-9-5-6-14(16)11(2)15-3/h5-9,11,15H,4,10H2,1-3H3. The maximum absolute atomic E-state index is 3.29. The third-order valence-corrected chi connectivity index (χ3v) is 4.35. The van der Waals surface area contributed by atoms with Crippen molar-refractivity contribution in [2.24, 2.45) is 0 Å². The van der Waals surface area contributed by atoms with E-state index in [0.29, 0.717) is 6.04 Å². The van der Waals surface area contributed by atoms with E-state index in [1.165, 1.54) is 15.4 Å². The maximum atomic E-state index is 3.29. The highest BCUT2D eigenvalue weighted by atomic mass is 32.1. The van der Waals surface area contributed by atoms with Crippen LogP contribution in [-0.2, 0) is 13.0 Å². The molecule has 17 heavy (non-hydrogen) atoms. The van der Waals surface area contributed by atoms with E-state index in [0.717, 1.165) is 13.0 Å². The highest BCUT2D eigenvalue weighted by Crippen LogP contribution is 2.20. The number of nitrogens with zero attached hydrogens (tertiary/aromatic N) is 1. The summed E-state index contributed by atoms with van der Waals surface area (Å²) in [5.74, 6) is 0. The summed E-state index contributed by atoms with van der Waals surface area (Å²) in [4.78, 5) is 2.90. The molecule has 2 aromatic rings. The van der Waals surface area contributed by atoms with E-state index in [2.05, 4.69) is 54.2 Å². The largest absolute Gasteiger partial charge is 0.345 e. The summed E-state index contributed by atoms with van der Waals surface area (Å²) in [6.07, 6.45) is 3.30. The number of hydrogen-bond donors (Lipinski definition) is 1. The Morgan fingerprint density at radius 3 is 2.71 bits per heavy atom. The molecule has 0 amide bonds. The Balaban J connectivity index is 2.15. The van der Waals surface area contributed by atoms with Gasteiger partial charge < -0.3 is 9.88 Å². The lowest BCUT2D eigenvalue weighted by Gasteiger charge is -2.14. The molecule has 1 N–H and O–H groups in total. The second-order valence-electron chi connectivity index (χ2n) is 4.29. The molecule has 0 saturated heterocycles. The number of rotatable bonds is 5. The summed E-state index contributed by atoms with van der Waals surface area (Å²) in [5.41, 5.74) is 1.35. The van der Waals surface area contributed by atoms with Gasteiger partial charge in [-0.25, -0.2) is 0 Å². The quantitative estimate of drug-likeness (QED) is 0.857. The summed E-state index contributed by atoms with van der Waals surface area (Å²) in [7, 11) is 2.00. The molecular weight excluding hydrogens is 228 g/mol. The highest BCUT2D eigenvalue weighted by Gasteiger charge is 2.08. The second kappa shape index (κ2) is 5.52. The van der Waals surface area contributed by atoms with Crippen molar-refractivity contribution in [3.05, 3.63) is 45.9 Å². The van der Waals surface area contributed by atoms with Gasteiger partial charge >= 0.3 is 0 Å².